The molecule has 84 valence electrons. The third-order valence-corrected chi connectivity index (χ3v) is 3.79. The van der Waals surface area contributed by atoms with Gasteiger partial charge in [-0.3, -0.25) is 0 Å². The summed E-state index contributed by atoms with van der Waals surface area (Å²) in [6, 6.07) is 0.122. The summed E-state index contributed by atoms with van der Waals surface area (Å²) in [5.41, 5.74) is 0. The predicted octanol–water partition coefficient (Wildman–Crippen LogP) is 1.36. The van der Waals surface area contributed by atoms with Crippen molar-refractivity contribution in [2.75, 3.05) is 27.9 Å². The first-order valence-corrected chi connectivity index (χ1v) is 5.98. The zero-order chi connectivity index (χ0) is 11.0. The fourth-order valence-corrected chi connectivity index (χ4v) is 1.93. The molecule has 0 aliphatic carbocycles. The van der Waals surface area contributed by atoms with Gasteiger partial charge in [-0.25, -0.2) is 8.90 Å². The molecular formula is C7H15FO5Si. The quantitative estimate of drug-likeness (QED) is 0.296. The lowest BCUT2D eigenvalue weighted by Crippen LogP contribution is -2.34. The summed E-state index contributed by atoms with van der Waals surface area (Å²) in [7, 11) is 0.219. The Morgan fingerprint density at radius 2 is 1.86 bits per heavy atom. The number of hydrogen-bond donors (Lipinski definition) is 0. The van der Waals surface area contributed by atoms with Crippen molar-refractivity contribution in [2.45, 2.75) is 12.5 Å². The van der Waals surface area contributed by atoms with Crippen LogP contribution >= 0.6 is 0 Å². The third kappa shape index (κ3) is 5.15. The van der Waals surface area contributed by atoms with Gasteiger partial charge in [0, 0.05) is 20.3 Å². The van der Waals surface area contributed by atoms with Gasteiger partial charge in [-0.2, -0.15) is 0 Å². The number of rotatable bonds is 6. The predicted molar refractivity (Wildman–Crippen MR) is 48.7 cm³/mol. The van der Waals surface area contributed by atoms with E-state index in [1.54, 1.807) is 0 Å². The van der Waals surface area contributed by atoms with E-state index < -0.39 is 15.1 Å². The Labute approximate surface area is 83.5 Å². The van der Waals surface area contributed by atoms with Crippen LogP contribution in [0.1, 0.15) is 6.42 Å². The molecule has 0 bridgehead atoms. The van der Waals surface area contributed by atoms with Crippen LogP contribution in [0.3, 0.4) is 0 Å². The first-order valence-electron chi connectivity index (χ1n) is 4.08. The maximum atomic E-state index is 13.4. The van der Waals surface area contributed by atoms with Crippen molar-refractivity contribution in [3.63, 3.8) is 0 Å². The lowest BCUT2D eigenvalue weighted by Gasteiger charge is -2.16. The van der Waals surface area contributed by atoms with E-state index in [-0.39, 0.29) is 12.7 Å². The van der Waals surface area contributed by atoms with Crippen molar-refractivity contribution >= 4 is 15.1 Å². The third-order valence-electron chi connectivity index (χ3n) is 1.62. The Morgan fingerprint density at radius 1 is 1.29 bits per heavy atom. The van der Waals surface area contributed by atoms with E-state index in [0.717, 1.165) is 0 Å². The molecule has 0 aromatic carbocycles. The highest BCUT2D eigenvalue weighted by Crippen LogP contribution is 2.15. The van der Waals surface area contributed by atoms with Gasteiger partial charge in [0.05, 0.1) is 13.7 Å². The molecular weight excluding hydrogens is 211 g/mol. The minimum absolute atomic E-state index is 0.0953. The van der Waals surface area contributed by atoms with E-state index in [1.165, 1.54) is 21.3 Å². The maximum Gasteiger partial charge on any atom is 0.539 e. The van der Waals surface area contributed by atoms with Gasteiger partial charge in [0.15, 0.2) is 0 Å². The molecule has 0 aromatic heterocycles. The zero-order valence-corrected chi connectivity index (χ0v) is 9.54. The average Bonchev–Trinajstić information content (AvgIpc) is 2.23. The Hall–Kier alpha value is -0.663. The standard InChI is InChI=1S/C7H15FO5Si/c1-10-7(9)13-5-4-6-14(8,11-2)12-3/h4-6H2,1-3H3. The molecule has 5 nitrogen and oxygen atoms in total. The smallest absolute Gasteiger partial charge is 0.438 e. The summed E-state index contributed by atoms with van der Waals surface area (Å²) in [5, 5.41) is 0. The second-order valence-corrected chi connectivity index (χ2v) is 5.11. The molecule has 0 amide bonds. The molecule has 0 N–H and O–H groups in total. The molecule has 0 aliphatic heterocycles. The van der Waals surface area contributed by atoms with Gasteiger partial charge in [0.1, 0.15) is 0 Å². The van der Waals surface area contributed by atoms with Crippen LogP contribution in [-0.4, -0.2) is 43.0 Å². The van der Waals surface area contributed by atoms with E-state index in [2.05, 4.69) is 18.3 Å². The van der Waals surface area contributed by atoms with Gasteiger partial charge in [0.2, 0.25) is 0 Å². The van der Waals surface area contributed by atoms with Crippen LogP contribution in [0.25, 0.3) is 0 Å². The lowest BCUT2D eigenvalue weighted by molar-refractivity contribution is 0.0715. The van der Waals surface area contributed by atoms with Crippen molar-refractivity contribution in [3.8, 4) is 0 Å². The summed E-state index contributed by atoms with van der Waals surface area (Å²) in [6.07, 6.45) is -0.426. The Bertz CT molecular complexity index is 173. The highest BCUT2D eigenvalue weighted by atomic mass is 28.4. The molecule has 0 saturated carbocycles. The molecule has 0 spiro atoms. The van der Waals surface area contributed by atoms with Gasteiger partial charge in [-0.1, -0.05) is 0 Å². The summed E-state index contributed by atoms with van der Waals surface area (Å²) < 4.78 is 31.4. The molecule has 0 radical (unpaired) electrons. The van der Waals surface area contributed by atoms with Gasteiger partial charge in [-0.15, -0.1) is 0 Å². The molecule has 0 unspecified atom stereocenters. The topological polar surface area (TPSA) is 54.0 Å². The van der Waals surface area contributed by atoms with Crippen LogP contribution in [0.2, 0.25) is 6.04 Å². The average molecular weight is 226 g/mol. The Kier molecular flexibility index (Phi) is 6.42. The van der Waals surface area contributed by atoms with Crippen LogP contribution in [0.15, 0.2) is 0 Å². The van der Waals surface area contributed by atoms with Crippen LogP contribution in [0, 0.1) is 0 Å². The fourth-order valence-electron chi connectivity index (χ4n) is 0.785. The SMILES string of the molecule is COC(=O)OCCC[Si](F)(OC)OC. The van der Waals surface area contributed by atoms with Crippen molar-refractivity contribution in [3.05, 3.63) is 0 Å². The lowest BCUT2D eigenvalue weighted by atomic mass is 10.5. The number of halogens is 1. The molecule has 0 aliphatic rings. The van der Waals surface area contributed by atoms with Crippen LogP contribution in [-0.2, 0) is 18.3 Å². The van der Waals surface area contributed by atoms with Gasteiger partial charge in [0.25, 0.3) is 0 Å². The number of hydrogen-bond acceptors (Lipinski definition) is 5. The van der Waals surface area contributed by atoms with E-state index >= 15 is 0 Å². The van der Waals surface area contributed by atoms with Gasteiger partial charge < -0.3 is 18.3 Å². The first kappa shape index (κ1) is 13.3. The minimum atomic E-state index is -3.51. The first-order chi connectivity index (χ1) is 6.58. The van der Waals surface area contributed by atoms with E-state index in [4.69, 9.17) is 0 Å². The Balaban J connectivity index is 3.57. The zero-order valence-electron chi connectivity index (χ0n) is 8.54. The van der Waals surface area contributed by atoms with Crippen molar-refractivity contribution in [1.29, 1.82) is 0 Å². The molecule has 0 atom stereocenters. The highest BCUT2D eigenvalue weighted by Gasteiger charge is 2.36. The summed E-state index contributed by atoms with van der Waals surface area (Å²) in [4.78, 5) is 10.5. The minimum Gasteiger partial charge on any atom is -0.438 e. The van der Waals surface area contributed by atoms with E-state index in [1.807, 2.05) is 0 Å². The molecule has 0 rings (SSSR count). The maximum absolute atomic E-state index is 13.4. The molecule has 0 fully saturated rings. The summed E-state index contributed by atoms with van der Waals surface area (Å²) in [6.45, 7) is 0.0953. The highest BCUT2D eigenvalue weighted by molar-refractivity contribution is 6.59. The largest absolute Gasteiger partial charge is 0.539 e. The summed E-state index contributed by atoms with van der Waals surface area (Å²) >= 11 is 0. The second kappa shape index (κ2) is 6.74. The molecule has 0 saturated heterocycles. The fraction of sp³-hybridized carbons (Fsp3) is 0.857. The molecule has 7 heteroatoms. The number of methoxy groups -OCH3 is 1. The number of carbonyl (C=O) groups is 1. The van der Waals surface area contributed by atoms with E-state index in [0.29, 0.717) is 6.42 Å². The van der Waals surface area contributed by atoms with Crippen LogP contribution in [0.5, 0.6) is 0 Å². The molecule has 14 heavy (non-hydrogen) atoms. The van der Waals surface area contributed by atoms with Crippen molar-refractivity contribution in [2.24, 2.45) is 0 Å². The van der Waals surface area contributed by atoms with Gasteiger partial charge >= 0.3 is 15.1 Å². The second-order valence-electron chi connectivity index (χ2n) is 2.47. The molecule has 0 heterocycles. The Morgan fingerprint density at radius 3 is 2.29 bits per heavy atom. The monoisotopic (exact) mass is 226 g/mol. The normalized spacial score (nSPS) is 11.1. The van der Waals surface area contributed by atoms with Crippen LogP contribution in [0.4, 0.5) is 8.90 Å². The number of ether oxygens (including phenoxy) is 2. The van der Waals surface area contributed by atoms with Crippen LogP contribution < -0.4 is 0 Å². The van der Waals surface area contributed by atoms with Crippen molar-refractivity contribution < 1.29 is 27.2 Å². The number of carbonyl (C=O) groups excluding carboxylic acids is 1. The molecule has 0 aromatic rings. The van der Waals surface area contributed by atoms with E-state index in [9.17, 15) is 8.90 Å². The summed E-state index contributed by atoms with van der Waals surface area (Å²) in [5.74, 6) is 0. The van der Waals surface area contributed by atoms with Gasteiger partial charge in [-0.05, 0) is 6.42 Å². The van der Waals surface area contributed by atoms with Crippen molar-refractivity contribution in [1.82, 2.24) is 0 Å².